The van der Waals surface area contributed by atoms with Crippen LogP contribution in [-0.4, -0.2) is 9.97 Å². The number of aromatic nitrogens is 2. The molecule has 2 heteroatoms. The quantitative estimate of drug-likeness (QED) is 0.497. The largest absolute Gasteiger partial charge is 0.264 e. The summed E-state index contributed by atoms with van der Waals surface area (Å²) in [6, 6.07) is 8.23. The van der Waals surface area contributed by atoms with Crippen molar-refractivity contribution in [3.8, 4) is 0 Å². The van der Waals surface area contributed by atoms with Crippen LogP contribution in [0, 0.1) is 0 Å². The van der Waals surface area contributed by atoms with Gasteiger partial charge in [-0.15, -0.1) is 0 Å². The fourth-order valence-electron chi connectivity index (χ4n) is 1.75. The first kappa shape index (κ1) is 7.44. The van der Waals surface area contributed by atoms with E-state index in [1.54, 1.807) is 0 Å². The van der Waals surface area contributed by atoms with Gasteiger partial charge in [0.15, 0.2) is 0 Å². The Labute approximate surface area is 81.2 Å². The van der Waals surface area contributed by atoms with E-state index in [9.17, 15) is 0 Å². The van der Waals surface area contributed by atoms with E-state index >= 15 is 0 Å². The van der Waals surface area contributed by atoms with Crippen molar-refractivity contribution in [3.63, 3.8) is 0 Å². The molecule has 0 aliphatic carbocycles. The van der Waals surface area contributed by atoms with Crippen LogP contribution >= 0.6 is 0 Å². The third-order valence-electron chi connectivity index (χ3n) is 2.44. The first-order valence-electron chi connectivity index (χ1n) is 4.51. The number of hydrogen-bond donors (Lipinski definition) is 0. The van der Waals surface area contributed by atoms with Crippen LogP contribution < -0.4 is 0 Å². The predicted octanol–water partition coefficient (Wildman–Crippen LogP) is 2.78. The summed E-state index contributed by atoms with van der Waals surface area (Å²) in [5, 5.41) is 4.82. The summed E-state index contributed by atoms with van der Waals surface area (Å²) in [6.07, 6.45) is 7.41. The Hall–Kier alpha value is -1.96. The van der Waals surface area contributed by atoms with Crippen LogP contribution in [0.2, 0.25) is 0 Å². The maximum absolute atomic E-state index is 4.10. The first-order chi connectivity index (χ1) is 6.95. The second-order valence-corrected chi connectivity index (χ2v) is 3.26. The topological polar surface area (TPSA) is 25.8 Å². The zero-order chi connectivity index (χ0) is 9.38. The first-order valence-corrected chi connectivity index (χ1v) is 4.51. The molecule has 3 rings (SSSR count). The second-order valence-electron chi connectivity index (χ2n) is 3.26. The van der Waals surface area contributed by atoms with Gasteiger partial charge in [0.2, 0.25) is 0 Å². The molecule has 0 aliphatic heterocycles. The van der Waals surface area contributed by atoms with Gasteiger partial charge in [0.25, 0.3) is 0 Å². The summed E-state index contributed by atoms with van der Waals surface area (Å²) in [7, 11) is 0. The van der Waals surface area contributed by atoms with Crippen molar-refractivity contribution in [1.29, 1.82) is 0 Å². The van der Waals surface area contributed by atoms with Gasteiger partial charge in [-0.2, -0.15) is 0 Å². The Morgan fingerprint density at radius 2 is 1.14 bits per heavy atom. The van der Waals surface area contributed by atoms with E-state index in [0.717, 1.165) is 0 Å². The Balaban J connectivity index is 2.61. The van der Waals surface area contributed by atoms with E-state index in [0.29, 0.717) is 0 Å². The van der Waals surface area contributed by atoms with E-state index in [1.165, 1.54) is 21.5 Å². The van der Waals surface area contributed by atoms with E-state index in [-0.39, 0.29) is 0 Å². The van der Waals surface area contributed by atoms with Gasteiger partial charge >= 0.3 is 0 Å². The average molecular weight is 180 g/mol. The lowest BCUT2D eigenvalue weighted by molar-refractivity contribution is 1.35. The molecule has 66 valence electrons. The minimum atomic E-state index is 1.17. The number of hydrogen-bond acceptors (Lipinski definition) is 2. The Morgan fingerprint density at radius 1 is 0.643 bits per heavy atom. The molecule has 0 amide bonds. The van der Waals surface area contributed by atoms with Crippen molar-refractivity contribution in [3.05, 3.63) is 49.1 Å². The molecule has 2 aromatic heterocycles. The van der Waals surface area contributed by atoms with E-state index in [4.69, 9.17) is 0 Å². The molecular weight excluding hydrogens is 172 g/mol. The molecule has 2 nitrogen and oxygen atoms in total. The normalized spacial score (nSPS) is 10.9. The Bertz CT molecular complexity index is 547. The molecule has 0 fully saturated rings. The molecule has 14 heavy (non-hydrogen) atoms. The number of pyridine rings is 2. The zero-order valence-corrected chi connectivity index (χ0v) is 7.51. The molecular formula is C12H8N2. The van der Waals surface area contributed by atoms with Crippen molar-refractivity contribution >= 4 is 21.5 Å². The highest BCUT2D eigenvalue weighted by Crippen LogP contribution is 2.23. The van der Waals surface area contributed by atoms with Gasteiger partial charge in [0.1, 0.15) is 0 Å². The van der Waals surface area contributed by atoms with Crippen LogP contribution in [0.25, 0.3) is 21.5 Å². The van der Waals surface area contributed by atoms with Crippen LogP contribution in [0.1, 0.15) is 0 Å². The molecule has 0 aliphatic rings. The van der Waals surface area contributed by atoms with E-state index in [1.807, 2.05) is 36.9 Å². The molecule has 0 spiro atoms. The molecule has 0 bridgehead atoms. The fraction of sp³-hybridized carbons (Fsp3) is 0. The number of benzene rings is 1. The summed E-state index contributed by atoms with van der Waals surface area (Å²) in [4.78, 5) is 8.21. The van der Waals surface area contributed by atoms with Gasteiger partial charge in [-0.05, 0) is 22.9 Å². The van der Waals surface area contributed by atoms with Crippen molar-refractivity contribution in [2.45, 2.75) is 0 Å². The van der Waals surface area contributed by atoms with Gasteiger partial charge < -0.3 is 0 Å². The standard InChI is InChI=1S/C12H8N2/c1-2-10-8-14-6-4-12(10)11-3-5-13-7-9(1)11/h1-8H. The summed E-state index contributed by atoms with van der Waals surface area (Å²) in [6.45, 7) is 0. The summed E-state index contributed by atoms with van der Waals surface area (Å²) < 4.78 is 0. The van der Waals surface area contributed by atoms with Crippen LogP contribution in [0.3, 0.4) is 0 Å². The molecule has 1 aromatic carbocycles. The van der Waals surface area contributed by atoms with E-state index < -0.39 is 0 Å². The Kier molecular flexibility index (Phi) is 1.47. The minimum Gasteiger partial charge on any atom is -0.264 e. The van der Waals surface area contributed by atoms with Gasteiger partial charge in [0.05, 0.1) is 0 Å². The SMILES string of the molecule is c1cc2c(ccc3cnccc32)cn1. The van der Waals surface area contributed by atoms with E-state index in [2.05, 4.69) is 22.1 Å². The zero-order valence-electron chi connectivity index (χ0n) is 7.51. The maximum Gasteiger partial charge on any atom is 0.0346 e. The third kappa shape index (κ3) is 0.973. The van der Waals surface area contributed by atoms with Crippen LogP contribution in [0.15, 0.2) is 49.1 Å². The van der Waals surface area contributed by atoms with Crippen molar-refractivity contribution < 1.29 is 0 Å². The molecule has 0 unspecified atom stereocenters. The predicted molar refractivity (Wildman–Crippen MR) is 57.0 cm³/mol. The second kappa shape index (κ2) is 2.77. The van der Waals surface area contributed by atoms with Crippen molar-refractivity contribution in [2.24, 2.45) is 0 Å². The number of fused-ring (bicyclic) bond motifs is 3. The lowest BCUT2D eigenvalue weighted by Crippen LogP contribution is -1.79. The van der Waals surface area contributed by atoms with Crippen molar-refractivity contribution in [2.75, 3.05) is 0 Å². The Morgan fingerprint density at radius 3 is 1.64 bits per heavy atom. The molecule has 3 aromatic rings. The molecule has 0 atom stereocenters. The summed E-state index contributed by atoms with van der Waals surface area (Å²) >= 11 is 0. The lowest BCUT2D eigenvalue weighted by Gasteiger charge is -2.01. The summed E-state index contributed by atoms with van der Waals surface area (Å²) in [5.74, 6) is 0. The molecule has 0 N–H and O–H groups in total. The number of rotatable bonds is 0. The monoisotopic (exact) mass is 180 g/mol. The molecule has 0 radical (unpaired) electrons. The molecule has 0 saturated heterocycles. The maximum atomic E-state index is 4.10. The highest BCUT2D eigenvalue weighted by atomic mass is 14.6. The fourth-order valence-corrected chi connectivity index (χ4v) is 1.75. The highest BCUT2D eigenvalue weighted by Gasteiger charge is 1.98. The van der Waals surface area contributed by atoms with Gasteiger partial charge in [-0.3, -0.25) is 9.97 Å². The van der Waals surface area contributed by atoms with Gasteiger partial charge in [-0.25, -0.2) is 0 Å². The average Bonchev–Trinajstić information content (AvgIpc) is 2.29. The van der Waals surface area contributed by atoms with Crippen LogP contribution in [0.5, 0.6) is 0 Å². The smallest absolute Gasteiger partial charge is 0.0346 e. The third-order valence-corrected chi connectivity index (χ3v) is 2.44. The molecule has 0 saturated carbocycles. The minimum absolute atomic E-state index is 1.17. The van der Waals surface area contributed by atoms with Crippen molar-refractivity contribution in [1.82, 2.24) is 9.97 Å². The molecule has 2 heterocycles. The highest BCUT2D eigenvalue weighted by molar-refractivity contribution is 6.06. The summed E-state index contributed by atoms with van der Waals surface area (Å²) in [5.41, 5.74) is 0. The van der Waals surface area contributed by atoms with Crippen LogP contribution in [0.4, 0.5) is 0 Å². The lowest BCUT2D eigenvalue weighted by atomic mass is 10.1. The van der Waals surface area contributed by atoms with Gasteiger partial charge in [0, 0.05) is 35.6 Å². The number of nitrogens with zero attached hydrogens (tertiary/aromatic N) is 2. The van der Waals surface area contributed by atoms with Crippen LogP contribution in [-0.2, 0) is 0 Å². The van der Waals surface area contributed by atoms with Gasteiger partial charge in [-0.1, -0.05) is 12.1 Å².